The van der Waals surface area contributed by atoms with Gasteiger partial charge < -0.3 is 30.6 Å². The predicted octanol–water partition coefficient (Wildman–Crippen LogP) is 3.21. The maximum atomic E-state index is 12.8. The Morgan fingerprint density at radius 1 is 0.895 bits per heavy atom. The summed E-state index contributed by atoms with van der Waals surface area (Å²) in [5.74, 6) is -3.10. The molecule has 11 atom stereocenters. The van der Waals surface area contributed by atoms with Gasteiger partial charge in [-0.15, -0.1) is 0 Å². The Labute approximate surface area is 225 Å². The van der Waals surface area contributed by atoms with Gasteiger partial charge in [-0.05, 0) is 90.8 Å². The third-order valence-corrected chi connectivity index (χ3v) is 13.2. The Morgan fingerprint density at radius 2 is 1.55 bits per heavy atom. The second-order valence-corrected chi connectivity index (χ2v) is 15.0. The molecule has 4 saturated carbocycles. The summed E-state index contributed by atoms with van der Waals surface area (Å²) < 4.78 is 0. The van der Waals surface area contributed by atoms with E-state index in [-0.39, 0.29) is 23.7 Å². The molecule has 0 aliphatic heterocycles. The topological polar surface area (TPSA) is 156 Å². The van der Waals surface area contributed by atoms with E-state index in [0.717, 1.165) is 12.0 Å². The van der Waals surface area contributed by atoms with Crippen LogP contribution >= 0.6 is 0 Å². The summed E-state index contributed by atoms with van der Waals surface area (Å²) in [6.07, 6.45) is 2.48. The summed E-state index contributed by atoms with van der Waals surface area (Å²) in [7, 11) is 0. The van der Waals surface area contributed by atoms with Crippen molar-refractivity contribution < 1.29 is 40.2 Å². The lowest BCUT2D eigenvalue weighted by molar-refractivity contribution is -0.254. The zero-order valence-electron chi connectivity index (χ0n) is 23.4. The molecule has 5 aliphatic rings. The fraction of sp³-hybridized carbons (Fsp3) is 0.867. The van der Waals surface area contributed by atoms with Crippen molar-refractivity contribution in [2.24, 2.45) is 50.2 Å². The first kappa shape index (κ1) is 28.1. The Balaban J connectivity index is 1.65. The summed E-state index contributed by atoms with van der Waals surface area (Å²) in [5, 5.41) is 64.8. The molecule has 0 radical (unpaired) electrons. The largest absolute Gasteiger partial charge is 0.481 e. The fourth-order valence-electron chi connectivity index (χ4n) is 10.9. The zero-order chi connectivity index (χ0) is 28.3. The third kappa shape index (κ3) is 3.12. The molecule has 6 N–H and O–H groups in total. The Kier molecular flexibility index (Phi) is 6.11. The van der Waals surface area contributed by atoms with E-state index >= 15 is 0 Å². The molecule has 0 heterocycles. The van der Waals surface area contributed by atoms with Gasteiger partial charge in [0, 0.05) is 0 Å². The van der Waals surface area contributed by atoms with Gasteiger partial charge in [0.1, 0.15) is 10.8 Å². The first-order chi connectivity index (χ1) is 17.5. The average molecular weight is 535 g/mol. The van der Waals surface area contributed by atoms with Gasteiger partial charge in [0.15, 0.2) is 0 Å². The molecule has 0 bridgehead atoms. The number of aliphatic hydroxyl groups is 4. The van der Waals surface area contributed by atoms with Crippen LogP contribution in [0.1, 0.15) is 86.0 Å². The van der Waals surface area contributed by atoms with E-state index in [4.69, 9.17) is 0 Å². The minimum atomic E-state index is -1.85. The van der Waals surface area contributed by atoms with Crippen molar-refractivity contribution in [1.29, 1.82) is 0 Å². The van der Waals surface area contributed by atoms with Crippen molar-refractivity contribution in [1.82, 2.24) is 0 Å². The lowest BCUT2D eigenvalue weighted by Crippen LogP contribution is -2.71. The van der Waals surface area contributed by atoms with Crippen LogP contribution < -0.4 is 0 Å². The Hall–Kier alpha value is -1.48. The highest BCUT2D eigenvalue weighted by molar-refractivity contribution is 5.78. The number of fused-ring (bicyclic) bond motifs is 7. The quantitative estimate of drug-likeness (QED) is 0.302. The summed E-state index contributed by atoms with van der Waals surface area (Å²) in [6, 6.07) is 0. The average Bonchev–Trinajstić information content (AvgIpc) is 2.80. The second-order valence-electron chi connectivity index (χ2n) is 15.0. The first-order valence-corrected chi connectivity index (χ1v) is 14.3. The van der Waals surface area contributed by atoms with Crippen LogP contribution in [0.5, 0.6) is 0 Å². The minimum absolute atomic E-state index is 0.0460. The molecule has 5 aliphatic carbocycles. The molecule has 0 saturated heterocycles. The number of rotatable bonds is 3. The number of carboxylic acids is 2. The number of aliphatic carboxylic acids is 2. The molecule has 0 unspecified atom stereocenters. The number of aliphatic hydroxyl groups excluding tert-OH is 4. The van der Waals surface area contributed by atoms with Gasteiger partial charge >= 0.3 is 11.9 Å². The maximum Gasteiger partial charge on any atom is 0.315 e. The molecule has 8 heteroatoms. The van der Waals surface area contributed by atoms with Gasteiger partial charge in [0.05, 0.1) is 24.9 Å². The van der Waals surface area contributed by atoms with Crippen LogP contribution in [0.25, 0.3) is 0 Å². The van der Waals surface area contributed by atoms with E-state index in [9.17, 15) is 40.2 Å². The van der Waals surface area contributed by atoms with E-state index < -0.39 is 69.9 Å². The van der Waals surface area contributed by atoms with Crippen LogP contribution in [0.3, 0.4) is 0 Å². The van der Waals surface area contributed by atoms with E-state index in [0.29, 0.717) is 38.5 Å². The number of carbonyl (C=O) groups is 2. The Bertz CT molecular complexity index is 1070. The fourth-order valence-corrected chi connectivity index (χ4v) is 10.9. The molecule has 0 spiro atoms. The van der Waals surface area contributed by atoms with E-state index in [1.807, 2.05) is 6.92 Å². The smallest absolute Gasteiger partial charge is 0.315 e. The van der Waals surface area contributed by atoms with Crippen molar-refractivity contribution in [2.75, 3.05) is 6.61 Å². The van der Waals surface area contributed by atoms with E-state index in [2.05, 4.69) is 33.8 Å². The highest BCUT2D eigenvalue weighted by atomic mass is 16.4. The SMILES string of the molecule is CC1(C)CC[C@]2(C(=O)O)[C@H](O)C[C@]3(C)C(=CC[C@@H]4[C@@]5(C)C[C@H](O)[C@H](O)[C@](CO)(C(=O)O)[C@@H]5CC[C@]43C)[C@@H]2C1. The maximum absolute atomic E-state index is 12.8. The van der Waals surface area contributed by atoms with Crippen molar-refractivity contribution in [3.05, 3.63) is 11.6 Å². The summed E-state index contributed by atoms with van der Waals surface area (Å²) in [5.41, 5.74) is -3.56. The molecule has 38 heavy (non-hydrogen) atoms. The predicted molar refractivity (Wildman–Crippen MR) is 139 cm³/mol. The molecule has 0 aromatic carbocycles. The molecule has 4 fully saturated rings. The molecule has 214 valence electrons. The van der Waals surface area contributed by atoms with Crippen molar-refractivity contribution >= 4 is 11.9 Å². The van der Waals surface area contributed by atoms with Crippen LogP contribution in [0.15, 0.2) is 11.6 Å². The zero-order valence-corrected chi connectivity index (χ0v) is 23.4. The van der Waals surface area contributed by atoms with Crippen molar-refractivity contribution in [3.8, 4) is 0 Å². The normalized spacial score (nSPS) is 53.4. The number of hydrogen-bond acceptors (Lipinski definition) is 6. The van der Waals surface area contributed by atoms with Gasteiger partial charge in [-0.2, -0.15) is 0 Å². The number of allylic oxidation sites excluding steroid dienone is 2. The van der Waals surface area contributed by atoms with Crippen molar-refractivity contribution in [2.45, 2.75) is 104 Å². The highest BCUT2D eigenvalue weighted by Gasteiger charge is 2.73. The van der Waals surface area contributed by atoms with Gasteiger partial charge in [-0.1, -0.05) is 46.3 Å². The van der Waals surface area contributed by atoms with E-state index in [1.54, 1.807) is 0 Å². The first-order valence-electron chi connectivity index (χ1n) is 14.3. The van der Waals surface area contributed by atoms with E-state index in [1.165, 1.54) is 0 Å². The van der Waals surface area contributed by atoms with Gasteiger partial charge in [0.2, 0.25) is 0 Å². The number of hydrogen-bond donors (Lipinski definition) is 6. The minimum Gasteiger partial charge on any atom is -0.481 e. The molecule has 0 aromatic heterocycles. The summed E-state index contributed by atoms with van der Waals surface area (Å²) >= 11 is 0. The molecule has 8 nitrogen and oxygen atoms in total. The monoisotopic (exact) mass is 534 g/mol. The Morgan fingerprint density at radius 3 is 2.13 bits per heavy atom. The van der Waals surface area contributed by atoms with Gasteiger partial charge in [-0.3, -0.25) is 9.59 Å². The highest BCUT2D eigenvalue weighted by Crippen LogP contribution is 2.75. The van der Waals surface area contributed by atoms with Crippen LogP contribution in [-0.4, -0.2) is 67.5 Å². The van der Waals surface area contributed by atoms with Crippen LogP contribution in [0, 0.1) is 50.2 Å². The summed E-state index contributed by atoms with van der Waals surface area (Å²) in [6.45, 7) is 9.97. The van der Waals surface area contributed by atoms with Crippen LogP contribution in [-0.2, 0) is 9.59 Å². The standard InChI is InChI=1S/C30H46O8/c1-25(2)10-11-29(23(35)36)17(12-25)16-6-7-19-26(3)13-18(32)22(34)30(15-31,24(37)38)20(26)8-9-27(19,4)28(16,5)14-21(29)33/h6,17-22,31-34H,7-15H2,1-5H3,(H,35,36)(H,37,38)/t17-,18-,19+,20+,21+,22-,26+,27+,28+,29+,30+/m0/s1. The lowest BCUT2D eigenvalue weighted by atomic mass is 9.33. The van der Waals surface area contributed by atoms with Crippen LogP contribution in [0.2, 0.25) is 0 Å². The second kappa shape index (κ2) is 8.27. The third-order valence-electron chi connectivity index (χ3n) is 13.2. The lowest BCUT2D eigenvalue weighted by Gasteiger charge is -2.71. The molecule has 0 aromatic rings. The number of carboxylic acid groups (broad SMARTS) is 2. The molecular weight excluding hydrogens is 488 g/mol. The summed E-state index contributed by atoms with van der Waals surface area (Å²) in [4.78, 5) is 25.4. The molecular formula is C30H46O8. The molecule has 0 amide bonds. The van der Waals surface area contributed by atoms with Crippen LogP contribution in [0.4, 0.5) is 0 Å². The van der Waals surface area contributed by atoms with Gasteiger partial charge in [0.25, 0.3) is 0 Å². The van der Waals surface area contributed by atoms with Gasteiger partial charge in [-0.25, -0.2) is 0 Å². The van der Waals surface area contributed by atoms with Crippen molar-refractivity contribution in [3.63, 3.8) is 0 Å². The molecule has 5 rings (SSSR count).